The zero-order chi connectivity index (χ0) is 15.8. The lowest BCUT2D eigenvalue weighted by atomic mass is 9.84. The van der Waals surface area contributed by atoms with Crippen LogP contribution >= 0.6 is 11.8 Å². The highest BCUT2D eigenvalue weighted by Gasteiger charge is 2.23. The van der Waals surface area contributed by atoms with E-state index in [1.54, 1.807) is 7.11 Å². The van der Waals surface area contributed by atoms with Crippen LogP contribution in [0.3, 0.4) is 0 Å². The van der Waals surface area contributed by atoms with E-state index in [0.717, 1.165) is 10.6 Å². The summed E-state index contributed by atoms with van der Waals surface area (Å²) in [5.41, 5.74) is 5.86. The van der Waals surface area contributed by atoms with Crippen LogP contribution in [-0.4, -0.2) is 31.4 Å². The summed E-state index contributed by atoms with van der Waals surface area (Å²) < 4.78 is 5.19. The van der Waals surface area contributed by atoms with Crippen molar-refractivity contribution in [1.29, 1.82) is 0 Å². The number of hydrogen-bond donors (Lipinski definition) is 2. The van der Waals surface area contributed by atoms with Crippen molar-refractivity contribution in [3.8, 4) is 5.75 Å². The minimum Gasteiger partial charge on any atom is -0.497 e. The Balaban J connectivity index is 1.80. The lowest BCUT2D eigenvalue weighted by molar-refractivity contribution is -0.119. The fourth-order valence-corrected chi connectivity index (χ4v) is 3.75. The lowest BCUT2D eigenvalue weighted by Crippen LogP contribution is -2.46. The molecule has 22 heavy (non-hydrogen) atoms. The van der Waals surface area contributed by atoms with Crippen LogP contribution in [0.25, 0.3) is 0 Å². The van der Waals surface area contributed by atoms with Gasteiger partial charge in [-0.2, -0.15) is 0 Å². The number of methoxy groups -OCH3 is 1. The van der Waals surface area contributed by atoms with Crippen LogP contribution in [0.5, 0.6) is 5.75 Å². The lowest BCUT2D eigenvalue weighted by Gasteiger charge is -2.30. The first-order valence-electron chi connectivity index (χ1n) is 7.99. The van der Waals surface area contributed by atoms with Gasteiger partial charge in [-0.25, -0.2) is 0 Å². The van der Waals surface area contributed by atoms with E-state index in [4.69, 9.17) is 10.5 Å². The van der Waals surface area contributed by atoms with Crippen LogP contribution in [0.4, 0.5) is 0 Å². The van der Waals surface area contributed by atoms with Crippen molar-refractivity contribution < 1.29 is 9.53 Å². The molecule has 0 saturated heterocycles. The van der Waals surface area contributed by atoms with Crippen LogP contribution in [0.2, 0.25) is 0 Å². The van der Waals surface area contributed by atoms with Gasteiger partial charge in [0.2, 0.25) is 5.91 Å². The number of benzene rings is 1. The molecule has 0 radical (unpaired) electrons. The molecule has 1 fully saturated rings. The zero-order valence-electron chi connectivity index (χ0n) is 13.2. The maximum Gasteiger partial charge on any atom is 0.230 e. The van der Waals surface area contributed by atoms with Crippen molar-refractivity contribution in [2.75, 3.05) is 19.4 Å². The van der Waals surface area contributed by atoms with Gasteiger partial charge in [-0.3, -0.25) is 4.79 Å². The number of thioether (sulfide) groups is 1. The van der Waals surface area contributed by atoms with E-state index in [-0.39, 0.29) is 11.9 Å². The molecule has 1 aliphatic rings. The number of carbonyl (C=O) groups excluding carboxylic acids is 1. The highest BCUT2D eigenvalue weighted by Crippen LogP contribution is 2.26. The Morgan fingerprint density at radius 2 is 2.18 bits per heavy atom. The molecule has 1 aromatic rings. The predicted molar refractivity (Wildman–Crippen MR) is 91.3 cm³/mol. The summed E-state index contributed by atoms with van der Waals surface area (Å²) in [5.74, 6) is 1.84. The summed E-state index contributed by atoms with van der Waals surface area (Å²) in [5, 5.41) is 3.12. The molecule has 0 aliphatic heterocycles. The molecule has 0 spiro atoms. The number of rotatable bonds is 7. The first kappa shape index (κ1) is 17.2. The summed E-state index contributed by atoms with van der Waals surface area (Å²) in [7, 11) is 1.65. The van der Waals surface area contributed by atoms with Gasteiger partial charge in [-0.05, 0) is 37.0 Å². The third kappa shape index (κ3) is 5.21. The number of ether oxygens (including phenoxy) is 1. The molecule has 2 rings (SSSR count). The van der Waals surface area contributed by atoms with E-state index in [1.165, 1.54) is 43.9 Å². The van der Waals surface area contributed by atoms with E-state index in [1.807, 2.05) is 24.3 Å². The summed E-state index contributed by atoms with van der Waals surface area (Å²) in [4.78, 5) is 13.2. The Morgan fingerprint density at radius 3 is 2.86 bits per heavy atom. The van der Waals surface area contributed by atoms with Crippen LogP contribution in [0, 0.1) is 5.92 Å². The van der Waals surface area contributed by atoms with Gasteiger partial charge in [-0.1, -0.05) is 25.3 Å². The Labute approximate surface area is 137 Å². The number of hydrogen-bond acceptors (Lipinski definition) is 4. The number of nitrogens with one attached hydrogen (secondary N) is 1. The van der Waals surface area contributed by atoms with Crippen LogP contribution in [0.15, 0.2) is 29.2 Å². The maximum absolute atomic E-state index is 12.2. The predicted octanol–water partition coefficient (Wildman–Crippen LogP) is 2.81. The van der Waals surface area contributed by atoms with Crippen molar-refractivity contribution in [3.63, 3.8) is 0 Å². The molecular formula is C17H26N2O2S. The molecule has 1 aliphatic carbocycles. The zero-order valence-corrected chi connectivity index (χ0v) is 14.0. The van der Waals surface area contributed by atoms with Crippen molar-refractivity contribution in [3.05, 3.63) is 24.3 Å². The largest absolute Gasteiger partial charge is 0.497 e. The van der Waals surface area contributed by atoms with Crippen molar-refractivity contribution in [2.24, 2.45) is 11.7 Å². The fourth-order valence-electron chi connectivity index (χ4n) is 2.99. The average Bonchev–Trinajstić information content (AvgIpc) is 2.58. The van der Waals surface area contributed by atoms with Gasteiger partial charge in [0.25, 0.3) is 0 Å². The minimum absolute atomic E-state index is 0.0637. The summed E-state index contributed by atoms with van der Waals surface area (Å²) in [6.07, 6.45) is 6.20. The normalized spacial score (nSPS) is 17.0. The molecule has 0 bridgehead atoms. The smallest absolute Gasteiger partial charge is 0.230 e. The van der Waals surface area contributed by atoms with E-state index in [0.29, 0.717) is 18.2 Å². The third-order valence-electron chi connectivity index (χ3n) is 4.23. The molecule has 1 saturated carbocycles. The molecule has 0 aromatic heterocycles. The SMILES string of the molecule is COc1cccc(SCC(=O)NC(CN)C2CCCCC2)c1. The Hall–Kier alpha value is -1.20. The Kier molecular flexibility index (Phi) is 7.06. The van der Waals surface area contributed by atoms with E-state index in [9.17, 15) is 4.79 Å². The highest BCUT2D eigenvalue weighted by atomic mass is 32.2. The quantitative estimate of drug-likeness (QED) is 0.758. The Bertz CT molecular complexity index is 475. The van der Waals surface area contributed by atoms with Gasteiger partial charge >= 0.3 is 0 Å². The van der Waals surface area contributed by atoms with E-state index in [2.05, 4.69) is 5.32 Å². The second-order valence-electron chi connectivity index (χ2n) is 5.78. The molecular weight excluding hydrogens is 296 g/mol. The van der Waals surface area contributed by atoms with Crippen LogP contribution in [0.1, 0.15) is 32.1 Å². The molecule has 1 amide bonds. The fraction of sp³-hybridized carbons (Fsp3) is 0.588. The maximum atomic E-state index is 12.2. The molecule has 1 atom stereocenters. The number of carbonyl (C=O) groups is 1. The first-order valence-corrected chi connectivity index (χ1v) is 8.97. The number of amides is 1. The number of nitrogens with two attached hydrogens (primary N) is 1. The second-order valence-corrected chi connectivity index (χ2v) is 6.82. The van der Waals surface area contributed by atoms with Crippen molar-refractivity contribution >= 4 is 17.7 Å². The van der Waals surface area contributed by atoms with Crippen LogP contribution in [-0.2, 0) is 4.79 Å². The second kappa shape index (κ2) is 9.06. The molecule has 122 valence electrons. The average molecular weight is 322 g/mol. The van der Waals surface area contributed by atoms with Gasteiger partial charge in [0.05, 0.1) is 12.9 Å². The standard InChI is InChI=1S/C17H26N2O2S/c1-21-14-8-5-9-15(10-14)22-12-17(20)19-16(11-18)13-6-3-2-4-7-13/h5,8-10,13,16H,2-4,6-7,11-12,18H2,1H3,(H,19,20). The topological polar surface area (TPSA) is 64.3 Å². The van der Waals surface area contributed by atoms with Crippen molar-refractivity contribution in [2.45, 2.75) is 43.0 Å². The van der Waals surface area contributed by atoms with E-state index >= 15 is 0 Å². The van der Waals surface area contributed by atoms with Crippen LogP contribution < -0.4 is 15.8 Å². The first-order chi connectivity index (χ1) is 10.7. The highest BCUT2D eigenvalue weighted by molar-refractivity contribution is 8.00. The molecule has 5 heteroatoms. The molecule has 3 N–H and O–H groups in total. The summed E-state index contributed by atoms with van der Waals surface area (Å²) in [6, 6.07) is 7.89. The van der Waals surface area contributed by atoms with E-state index < -0.39 is 0 Å². The van der Waals surface area contributed by atoms with Gasteiger partial charge in [0, 0.05) is 17.5 Å². The minimum atomic E-state index is 0.0637. The molecule has 1 aromatic carbocycles. The van der Waals surface area contributed by atoms with Gasteiger partial charge in [0.15, 0.2) is 0 Å². The summed E-state index contributed by atoms with van der Waals surface area (Å²) in [6.45, 7) is 0.528. The van der Waals surface area contributed by atoms with Gasteiger partial charge in [0.1, 0.15) is 5.75 Å². The third-order valence-corrected chi connectivity index (χ3v) is 5.22. The summed E-state index contributed by atoms with van der Waals surface area (Å²) >= 11 is 1.52. The molecule has 0 heterocycles. The van der Waals surface area contributed by atoms with Crippen molar-refractivity contribution in [1.82, 2.24) is 5.32 Å². The Morgan fingerprint density at radius 1 is 1.41 bits per heavy atom. The monoisotopic (exact) mass is 322 g/mol. The van der Waals surface area contributed by atoms with Gasteiger partial charge < -0.3 is 15.8 Å². The molecule has 1 unspecified atom stereocenters. The molecule has 4 nitrogen and oxygen atoms in total. The van der Waals surface area contributed by atoms with Gasteiger partial charge in [-0.15, -0.1) is 11.8 Å².